The zero-order valence-electron chi connectivity index (χ0n) is 8.22. The number of hydrogen-bond acceptors (Lipinski definition) is 4. The number of thioether (sulfide) groups is 1. The summed E-state index contributed by atoms with van der Waals surface area (Å²) < 4.78 is 12.9. The molecule has 1 aromatic heterocycles. The Morgan fingerprint density at radius 2 is 2.38 bits per heavy atom. The third kappa shape index (κ3) is 2.90. The standard InChI is InChI=1S/C11H8FNOS2/c12-8-2-1-3-10(4-8)15-7-11-13-9(5-14)6-16-11/h1-6H,7H2. The van der Waals surface area contributed by atoms with Crippen molar-refractivity contribution in [3.8, 4) is 0 Å². The first-order valence-electron chi connectivity index (χ1n) is 4.56. The van der Waals surface area contributed by atoms with Crippen LogP contribution in [0, 0.1) is 5.82 Å². The molecule has 2 aromatic rings. The summed E-state index contributed by atoms with van der Waals surface area (Å²) in [6.07, 6.45) is 0.729. The SMILES string of the molecule is O=Cc1csc(CSc2cccc(F)c2)n1. The van der Waals surface area contributed by atoms with Crippen molar-refractivity contribution in [2.24, 2.45) is 0 Å². The van der Waals surface area contributed by atoms with E-state index in [2.05, 4.69) is 4.98 Å². The van der Waals surface area contributed by atoms with Gasteiger partial charge in [-0.25, -0.2) is 9.37 Å². The Balaban J connectivity index is 1.99. The Morgan fingerprint density at radius 3 is 3.06 bits per heavy atom. The molecule has 0 aliphatic carbocycles. The molecule has 2 nitrogen and oxygen atoms in total. The molecular formula is C11H8FNOS2. The molecule has 5 heteroatoms. The minimum atomic E-state index is -0.238. The van der Waals surface area contributed by atoms with Crippen LogP contribution in [-0.2, 0) is 5.75 Å². The van der Waals surface area contributed by atoms with Crippen molar-refractivity contribution in [3.05, 3.63) is 46.2 Å². The quantitative estimate of drug-likeness (QED) is 0.618. The number of aldehydes is 1. The molecule has 1 heterocycles. The molecule has 0 radical (unpaired) electrons. The molecule has 0 saturated carbocycles. The molecule has 0 unspecified atom stereocenters. The van der Waals surface area contributed by atoms with Gasteiger partial charge in [-0.1, -0.05) is 6.07 Å². The van der Waals surface area contributed by atoms with Gasteiger partial charge in [-0.2, -0.15) is 0 Å². The summed E-state index contributed by atoms with van der Waals surface area (Å²) in [5.74, 6) is 0.416. The van der Waals surface area contributed by atoms with E-state index in [0.717, 1.165) is 16.2 Å². The molecule has 0 saturated heterocycles. The maximum absolute atomic E-state index is 12.9. The van der Waals surface area contributed by atoms with Crippen LogP contribution in [0.25, 0.3) is 0 Å². The summed E-state index contributed by atoms with van der Waals surface area (Å²) >= 11 is 2.94. The van der Waals surface area contributed by atoms with E-state index >= 15 is 0 Å². The lowest BCUT2D eigenvalue weighted by Crippen LogP contribution is -1.82. The summed E-state index contributed by atoms with van der Waals surface area (Å²) in [5.41, 5.74) is 0.458. The molecule has 0 N–H and O–H groups in total. The number of rotatable bonds is 4. The molecule has 2 rings (SSSR count). The molecule has 0 atom stereocenters. The third-order valence-corrected chi connectivity index (χ3v) is 3.90. The minimum Gasteiger partial charge on any atom is -0.296 e. The van der Waals surface area contributed by atoms with Gasteiger partial charge in [0.2, 0.25) is 0 Å². The maximum atomic E-state index is 12.9. The van der Waals surface area contributed by atoms with E-state index in [-0.39, 0.29) is 5.82 Å². The van der Waals surface area contributed by atoms with Crippen LogP contribution < -0.4 is 0 Å². The highest BCUT2D eigenvalue weighted by Gasteiger charge is 2.02. The number of carbonyl (C=O) groups excluding carboxylic acids is 1. The summed E-state index contributed by atoms with van der Waals surface area (Å²) in [5, 5.41) is 2.59. The first-order valence-corrected chi connectivity index (χ1v) is 6.42. The molecule has 16 heavy (non-hydrogen) atoms. The first kappa shape index (κ1) is 11.3. The van der Waals surface area contributed by atoms with Gasteiger partial charge in [0.25, 0.3) is 0 Å². The van der Waals surface area contributed by atoms with E-state index in [1.54, 1.807) is 11.4 Å². The zero-order valence-corrected chi connectivity index (χ0v) is 9.85. The summed E-state index contributed by atoms with van der Waals surface area (Å²) in [4.78, 5) is 15.4. The normalized spacial score (nSPS) is 10.3. The van der Waals surface area contributed by atoms with Gasteiger partial charge in [0.05, 0.1) is 5.75 Å². The summed E-state index contributed by atoms with van der Waals surface area (Å²) in [6, 6.07) is 6.43. The topological polar surface area (TPSA) is 30.0 Å². The predicted molar refractivity (Wildman–Crippen MR) is 63.5 cm³/mol. The van der Waals surface area contributed by atoms with Crippen LogP contribution in [0.1, 0.15) is 15.5 Å². The number of thiazole rings is 1. The fourth-order valence-electron chi connectivity index (χ4n) is 1.15. The second kappa shape index (κ2) is 5.23. The van der Waals surface area contributed by atoms with Crippen molar-refractivity contribution < 1.29 is 9.18 Å². The number of hydrogen-bond donors (Lipinski definition) is 0. The Bertz CT molecular complexity index is 498. The highest BCUT2D eigenvalue weighted by atomic mass is 32.2. The fourth-order valence-corrected chi connectivity index (χ4v) is 2.84. The lowest BCUT2D eigenvalue weighted by atomic mass is 10.4. The molecular weight excluding hydrogens is 245 g/mol. The van der Waals surface area contributed by atoms with E-state index in [0.29, 0.717) is 11.4 Å². The monoisotopic (exact) mass is 253 g/mol. The molecule has 0 bridgehead atoms. The molecule has 82 valence electrons. The predicted octanol–water partition coefficient (Wildman–Crippen LogP) is 3.39. The second-order valence-electron chi connectivity index (χ2n) is 3.03. The third-order valence-electron chi connectivity index (χ3n) is 1.85. The van der Waals surface area contributed by atoms with Crippen LogP contribution in [0.15, 0.2) is 34.5 Å². The number of benzene rings is 1. The van der Waals surface area contributed by atoms with Crippen LogP contribution in [-0.4, -0.2) is 11.3 Å². The number of aromatic nitrogens is 1. The van der Waals surface area contributed by atoms with Crippen molar-refractivity contribution in [3.63, 3.8) is 0 Å². The van der Waals surface area contributed by atoms with Crippen molar-refractivity contribution in [1.82, 2.24) is 4.98 Å². The molecule has 1 aromatic carbocycles. The van der Waals surface area contributed by atoms with Gasteiger partial charge in [-0.15, -0.1) is 23.1 Å². The lowest BCUT2D eigenvalue weighted by Gasteiger charge is -1.98. The van der Waals surface area contributed by atoms with Gasteiger partial charge in [0.1, 0.15) is 16.5 Å². The minimum absolute atomic E-state index is 0.238. The van der Waals surface area contributed by atoms with Gasteiger partial charge < -0.3 is 0 Å². The van der Waals surface area contributed by atoms with Crippen molar-refractivity contribution in [2.45, 2.75) is 10.6 Å². The Morgan fingerprint density at radius 1 is 1.50 bits per heavy atom. The smallest absolute Gasteiger partial charge is 0.169 e. The molecule has 0 aliphatic heterocycles. The second-order valence-corrected chi connectivity index (χ2v) is 5.02. The number of halogens is 1. The highest BCUT2D eigenvalue weighted by molar-refractivity contribution is 7.98. The number of nitrogens with zero attached hydrogens (tertiary/aromatic N) is 1. The van der Waals surface area contributed by atoms with Crippen molar-refractivity contribution in [2.75, 3.05) is 0 Å². The van der Waals surface area contributed by atoms with E-state index < -0.39 is 0 Å². The largest absolute Gasteiger partial charge is 0.296 e. The molecule has 0 amide bonds. The van der Waals surface area contributed by atoms with Crippen LogP contribution in [0.3, 0.4) is 0 Å². The van der Waals surface area contributed by atoms with E-state index in [9.17, 15) is 9.18 Å². The highest BCUT2D eigenvalue weighted by Crippen LogP contribution is 2.24. The van der Waals surface area contributed by atoms with E-state index in [1.807, 2.05) is 6.07 Å². The van der Waals surface area contributed by atoms with Gasteiger partial charge in [-0.05, 0) is 18.2 Å². The van der Waals surface area contributed by atoms with Gasteiger partial charge in [0.15, 0.2) is 6.29 Å². The molecule has 0 spiro atoms. The zero-order chi connectivity index (χ0) is 11.4. The van der Waals surface area contributed by atoms with Gasteiger partial charge in [-0.3, -0.25) is 4.79 Å². The Kier molecular flexibility index (Phi) is 3.69. The van der Waals surface area contributed by atoms with Crippen LogP contribution in [0.2, 0.25) is 0 Å². The fraction of sp³-hybridized carbons (Fsp3) is 0.0909. The number of carbonyl (C=O) groups is 1. The van der Waals surface area contributed by atoms with Crippen molar-refractivity contribution in [1.29, 1.82) is 0 Å². The average molecular weight is 253 g/mol. The lowest BCUT2D eigenvalue weighted by molar-refractivity contribution is 0.111. The molecule has 0 fully saturated rings. The van der Waals surface area contributed by atoms with Gasteiger partial charge in [0, 0.05) is 10.3 Å². The van der Waals surface area contributed by atoms with Crippen molar-refractivity contribution >= 4 is 29.4 Å². The van der Waals surface area contributed by atoms with Crippen LogP contribution in [0.4, 0.5) is 4.39 Å². The van der Waals surface area contributed by atoms with Crippen LogP contribution in [0.5, 0.6) is 0 Å². The average Bonchev–Trinajstić information content (AvgIpc) is 2.74. The van der Waals surface area contributed by atoms with Gasteiger partial charge >= 0.3 is 0 Å². The summed E-state index contributed by atoms with van der Waals surface area (Å²) in [6.45, 7) is 0. The maximum Gasteiger partial charge on any atom is 0.169 e. The van der Waals surface area contributed by atoms with E-state index in [1.165, 1.54) is 35.2 Å². The van der Waals surface area contributed by atoms with Crippen LogP contribution >= 0.6 is 23.1 Å². The first-order chi connectivity index (χ1) is 7.78. The van der Waals surface area contributed by atoms with E-state index in [4.69, 9.17) is 0 Å². The Hall–Kier alpha value is -1.20. The summed E-state index contributed by atoms with van der Waals surface area (Å²) in [7, 11) is 0. The Labute approximate surface area is 101 Å². The molecule has 0 aliphatic rings.